The summed E-state index contributed by atoms with van der Waals surface area (Å²) in [6.45, 7) is 8.04. The van der Waals surface area contributed by atoms with Crippen LogP contribution in [0.1, 0.15) is 39.5 Å². The van der Waals surface area contributed by atoms with Crippen molar-refractivity contribution in [3.63, 3.8) is 0 Å². The molecule has 1 aliphatic heterocycles. The van der Waals surface area contributed by atoms with Crippen LogP contribution in [0.5, 0.6) is 5.88 Å². The number of ether oxygens (including phenoxy) is 1. The molecule has 0 spiro atoms. The number of amides is 2. The summed E-state index contributed by atoms with van der Waals surface area (Å²) in [5, 5.41) is 2.86. The van der Waals surface area contributed by atoms with E-state index >= 15 is 0 Å². The van der Waals surface area contributed by atoms with E-state index in [-0.39, 0.29) is 12.1 Å². The predicted octanol–water partition coefficient (Wildman–Crippen LogP) is 4.50. The number of carbonyl (C=O) groups excluding carboxylic acids is 1. The molecule has 0 atom stereocenters. The lowest BCUT2D eigenvalue weighted by Gasteiger charge is -2.26. The number of likely N-dealkylation sites (tertiary alicyclic amines) is 1. The number of hydrogen-bond donors (Lipinski definition) is 1. The third-order valence-corrected chi connectivity index (χ3v) is 5.98. The highest BCUT2D eigenvalue weighted by molar-refractivity contribution is 5.91. The number of benzene rings is 1. The van der Waals surface area contributed by atoms with E-state index in [1.54, 1.807) is 13.2 Å². The molecule has 8 nitrogen and oxygen atoms in total. The van der Waals surface area contributed by atoms with Gasteiger partial charge >= 0.3 is 6.03 Å². The number of piperidine rings is 1. The molecule has 1 N–H and O–H groups in total. The summed E-state index contributed by atoms with van der Waals surface area (Å²) < 4.78 is 5.85. The number of hydrogen-bond acceptors (Lipinski definition) is 6. The number of urea groups is 1. The molecule has 2 amide bonds. The van der Waals surface area contributed by atoms with Gasteiger partial charge in [-0.15, -0.1) is 0 Å². The molecule has 0 saturated carbocycles. The topological polar surface area (TPSA) is 83.5 Å². The first kappa shape index (κ1) is 23.9. The Balaban J connectivity index is 1.38. The van der Waals surface area contributed by atoms with E-state index in [2.05, 4.69) is 25.2 Å². The second kappa shape index (κ2) is 11.2. The van der Waals surface area contributed by atoms with Crippen LogP contribution in [0.3, 0.4) is 0 Å². The molecule has 0 aliphatic carbocycles. The van der Waals surface area contributed by atoms with Gasteiger partial charge in [0.05, 0.1) is 23.8 Å². The molecule has 0 bridgehead atoms. The van der Waals surface area contributed by atoms with Crippen LogP contribution < -0.4 is 15.0 Å². The summed E-state index contributed by atoms with van der Waals surface area (Å²) in [5.41, 5.74) is 3.45. The molecule has 34 heavy (non-hydrogen) atoms. The molecule has 4 rings (SSSR count). The number of nitrogens with one attached hydrogen (secondary N) is 1. The second-order valence-corrected chi connectivity index (χ2v) is 9.08. The summed E-state index contributed by atoms with van der Waals surface area (Å²) in [4.78, 5) is 29.9. The first-order chi connectivity index (χ1) is 16.5. The summed E-state index contributed by atoms with van der Waals surface area (Å²) in [5.74, 6) is 1.14. The maximum Gasteiger partial charge on any atom is 0.323 e. The molecule has 1 saturated heterocycles. The molecular weight excluding hydrogens is 428 g/mol. The van der Waals surface area contributed by atoms with Gasteiger partial charge in [-0.05, 0) is 70.0 Å². The van der Waals surface area contributed by atoms with Gasteiger partial charge in [0.1, 0.15) is 0 Å². The van der Waals surface area contributed by atoms with Crippen molar-refractivity contribution >= 4 is 22.9 Å². The summed E-state index contributed by atoms with van der Waals surface area (Å²) in [6, 6.07) is 9.65. The number of carbonyl (C=O) groups is 1. The molecule has 0 radical (unpaired) electrons. The van der Waals surface area contributed by atoms with E-state index in [9.17, 15) is 4.79 Å². The van der Waals surface area contributed by atoms with Crippen molar-refractivity contribution in [2.45, 2.75) is 45.6 Å². The molecule has 3 heterocycles. The van der Waals surface area contributed by atoms with Crippen molar-refractivity contribution in [1.29, 1.82) is 0 Å². The average Bonchev–Trinajstić information content (AvgIpc) is 2.86. The van der Waals surface area contributed by atoms with Crippen LogP contribution >= 0.6 is 0 Å². The highest BCUT2D eigenvalue weighted by Crippen LogP contribution is 2.25. The Morgan fingerprint density at radius 3 is 2.59 bits per heavy atom. The highest BCUT2D eigenvalue weighted by Gasteiger charge is 2.14. The zero-order chi connectivity index (χ0) is 23.9. The number of pyridine rings is 1. The fraction of sp³-hybridized carbons (Fsp3) is 0.462. The summed E-state index contributed by atoms with van der Waals surface area (Å²) >= 11 is 0. The molecule has 8 heteroatoms. The largest absolute Gasteiger partial charge is 0.478 e. The summed E-state index contributed by atoms with van der Waals surface area (Å²) in [7, 11) is 1.69. The quantitative estimate of drug-likeness (QED) is 0.496. The lowest BCUT2D eigenvalue weighted by Crippen LogP contribution is -2.41. The fourth-order valence-electron chi connectivity index (χ4n) is 4.08. The minimum absolute atomic E-state index is 0.0455. The Morgan fingerprint density at radius 2 is 1.85 bits per heavy atom. The zero-order valence-electron chi connectivity index (χ0n) is 20.3. The van der Waals surface area contributed by atoms with Gasteiger partial charge in [-0.2, -0.15) is 0 Å². The monoisotopic (exact) mass is 462 g/mol. The van der Waals surface area contributed by atoms with Crippen molar-refractivity contribution < 1.29 is 9.53 Å². The Bertz CT molecular complexity index is 1100. The first-order valence-corrected chi connectivity index (χ1v) is 12.1. The maximum absolute atomic E-state index is 12.3. The van der Waals surface area contributed by atoms with Crippen LogP contribution in [-0.4, -0.2) is 65.2 Å². The van der Waals surface area contributed by atoms with Gasteiger partial charge in [-0.25, -0.2) is 14.8 Å². The number of rotatable bonds is 8. The molecule has 1 aliphatic rings. The minimum atomic E-state index is -0.212. The van der Waals surface area contributed by atoms with Crippen molar-refractivity contribution in [2.75, 3.05) is 38.2 Å². The van der Waals surface area contributed by atoms with Gasteiger partial charge in [-0.1, -0.05) is 12.5 Å². The van der Waals surface area contributed by atoms with E-state index < -0.39 is 0 Å². The summed E-state index contributed by atoms with van der Waals surface area (Å²) in [6.07, 6.45) is 8.44. The Hall–Kier alpha value is -3.26. The van der Waals surface area contributed by atoms with Crippen LogP contribution in [-0.2, 0) is 0 Å². The van der Waals surface area contributed by atoms with Crippen LogP contribution in [0, 0.1) is 0 Å². The average molecular weight is 463 g/mol. The molecule has 2 aromatic heterocycles. The highest BCUT2D eigenvalue weighted by atomic mass is 16.5. The van der Waals surface area contributed by atoms with Gasteiger partial charge in [0, 0.05) is 37.5 Å². The van der Waals surface area contributed by atoms with Gasteiger partial charge in [0.15, 0.2) is 5.82 Å². The minimum Gasteiger partial charge on any atom is -0.478 e. The second-order valence-electron chi connectivity index (χ2n) is 9.08. The molecule has 3 aromatic rings. The Kier molecular flexibility index (Phi) is 7.90. The standard InChI is InChI=1S/C26H34N6O2/c1-19(2)29-26(33)31(3)24-18-27-22-10-8-20(16-23(22)30-24)21-9-11-25(28-17-21)34-15-7-14-32-12-5-4-6-13-32/h8-11,16-19H,4-7,12-15H2,1-3H3,(H,29,33). The van der Waals surface area contributed by atoms with Crippen LogP contribution in [0.2, 0.25) is 0 Å². The third kappa shape index (κ3) is 6.20. The van der Waals surface area contributed by atoms with E-state index in [1.165, 1.54) is 37.3 Å². The number of anilines is 1. The van der Waals surface area contributed by atoms with Gasteiger partial charge in [0.25, 0.3) is 0 Å². The van der Waals surface area contributed by atoms with Crippen LogP contribution in [0.25, 0.3) is 22.2 Å². The zero-order valence-corrected chi connectivity index (χ0v) is 20.3. The predicted molar refractivity (Wildman–Crippen MR) is 135 cm³/mol. The first-order valence-electron chi connectivity index (χ1n) is 12.1. The van der Waals surface area contributed by atoms with E-state index in [0.717, 1.165) is 35.1 Å². The van der Waals surface area contributed by atoms with Crippen LogP contribution in [0.4, 0.5) is 10.6 Å². The Labute approximate surface area is 201 Å². The molecule has 1 aromatic carbocycles. The van der Waals surface area contributed by atoms with Crippen molar-refractivity contribution in [3.8, 4) is 17.0 Å². The molecule has 180 valence electrons. The SMILES string of the molecule is CC(C)NC(=O)N(C)c1cnc2ccc(-c3ccc(OCCCN4CCCCC4)nc3)cc2n1. The Morgan fingerprint density at radius 1 is 1.06 bits per heavy atom. The molecule has 0 unspecified atom stereocenters. The van der Waals surface area contributed by atoms with Crippen molar-refractivity contribution in [3.05, 3.63) is 42.7 Å². The lowest BCUT2D eigenvalue weighted by atomic mass is 10.1. The van der Waals surface area contributed by atoms with Crippen molar-refractivity contribution in [1.82, 2.24) is 25.2 Å². The lowest BCUT2D eigenvalue weighted by molar-refractivity contribution is 0.203. The molecular formula is C26H34N6O2. The van der Waals surface area contributed by atoms with E-state index in [4.69, 9.17) is 4.74 Å². The smallest absolute Gasteiger partial charge is 0.323 e. The van der Waals surface area contributed by atoms with E-state index in [0.29, 0.717) is 18.3 Å². The van der Waals surface area contributed by atoms with Crippen molar-refractivity contribution in [2.24, 2.45) is 0 Å². The van der Waals surface area contributed by atoms with Gasteiger partial charge in [0.2, 0.25) is 5.88 Å². The van der Waals surface area contributed by atoms with Gasteiger partial charge < -0.3 is 15.0 Å². The number of nitrogens with zero attached hydrogens (tertiary/aromatic N) is 5. The fourth-order valence-corrected chi connectivity index (χ4v) is 4.08. The maximum atomic E-state index is 12.3. The molecule has 1 fully saturated rings. The third-order valence-electron chi connectivity index (χ3n) is 5.98. The van der Waals surface area contributed by atoms with Gasteiger partial charge in [-0.3, -0.25) is 9.88 Å². The number of fused-ring (bicyclic) bond motifs is 1. The number of aromatic nitrogens is 3. The van der Waals surface area contributed by atoms with E-state index in [1.807, 2.05) is 50.4 Å². The van der Waals surface area contributed by atoms with Crippen LogP contribution in [0.15, 0.2) is 42.7 Å². The normalized spacial score (nSPS) is 14.4.